The molecule has 1 saturated carbocycles. The first-order valence-electron chi connectivity index (χ1n) is 9.91. The van der Waals surface area contributed by atoms with Crippen LogP contribution in [0.5, 0.6) is 5.88 Å². The molecule has 4 rings (SSSR count). The number of aromatic nitrogens is 3. The van der Waals surface area contributed by atoms with Crippen molar-refractivity contribution in [1.29, 1.82) is 0 Å². The molecule has 0 amide bonds. The van der Waals surface area contributed by atoms with E-state index in [4.69, 9.17) is 16.3 Å². The highest BCUT2D eigenvalue weighted by molar-refractivity contribution is 7.90. The minimum atomic E-state index is -3.22. The van der Waals surface area contributed by atoms with Crippen LogP contribution in [0.3, 0.4) is 0 Å². The van der Waals surface area contributed by atoms with Crippen LogP contribution in [0.15, 0.2) is 35.6 Å². The smallest absolute Gasteiger partial charge is 0.225 e. The topological polar surface area (TPSA) is 85.3 Å². The van der Waals surface area contributed by atoms with Gasteiger partial charge in [0, 0.05) is 31.6 Å². The minimum absolute atomic E-state index is 0.211. The van der Waals surface area contributed by atoms with E-state index in [2.05, 4.69) is 19.9 Å². The molecule has 156 valence electrons. The van der Waals surface area contributed by atoms with Crippen molar-refractivity contribution in [2.45, 2.75) is 30.6 Å². The molecule has 2 aliphatic rings. The summed E-state index contributed by atoms with van der Waals surface area (Å²) >= 11 is 5.86. The number of ether oxygens (including phenoxy) is 1. The summed E-state index contributed by atoms with van der Waals surface area (Å²) in [5.41, 5.74) is 0. The summed E-state index contributed by atoms with van der Waals surface area (Å²) in [6.45, 7) is 2.59. The quantitative estimate of drug-likeness (QED) is 0.658. The second-order valence-corrected chi connectivity index (χ2v) is 10.4. The van der Waals surface area contributed by atoms with Gasteiger partial charge in [0.1, 0.15) is 0 Å². The van der Waals surface area contributed by atoms with Crippen molar-refractivity contribution in [2.75, 3.05) is 30.9 Å². The number of nitrogens with zero attached hydrogens (tertiary/aromatic N) is 4. The van der Waals surface area contributed by atoms with Gasteiger partial charge in [-0.1, -0.05) is 11.6 Å². The zero-order valence-corrected chi connectivity index (χ0v) is 17.9. The third-order valence-electron chi connectivity index (χ3n) is 5.89. The lowest BCUT2D eigenvalue weighted by molar-refractivity contribution is 0.276. The molecule has 29 heavy (non-hydrogen) atoms. The average Bonchev–Trinajstić information content (AvgIpc) is 3.48. The van der Waals surface area contributed by atoms with Crippen LogP contribution < -0.4 is 9.64 Å². The summed E-state index contributed by atoms with van der Waals surface area (Å²) in [6.07, 6.45) is 10.4. The standard InChI is InChI=1S/C20H25ClN4O3S/c1-29(26,27)17-2-3-19(22-13-17)28-9-6-15-10-18(15)14-4-7-25(8-5-14)20-23-11-16(21)12-24-20/h2-3,11-15,18H,4-10H2,1H3. The van der Waals surface area contributed by atoms with Crippen LogP contribution in [0, 0.1) is 17.8 Å². The SMILES string of the molecule is CS(=O)(=O)c1ccc(OCCC2CC2C2CCN(c3ncc(Cl)cn3)CC2)nc1. The van der Waals surface area contributed by atoms with E-state index in [0.717, 1.165) is 37.3 Å². The predicted octanol–water partition coefficient (Wildman–Crippen LogP) is 3.25. The lowest BCUT2D eigenvalue weighted by Crippen LogP contribution is -2.35. The van der Waals surface area contributed by atoms with Gasteiger partial charge in [0.05, 0.1) is 28.9 Å². The fourth-order valence-electron chi connectivity index (χ4n) is 4.16. The van der Waals surface area contributed by atoms with E-state index in [0.29, 0.717) is 23.4 Å². The number of sulfone groups is 1. The minimum Gasteiger partial charge on any atom is -0.478 e. The van der Waals surface area contributed by atoms with Crippen molar-refractivity contribution in [3.8, 4) is 5.88 Å². The largest absolute Gasteiger partial charge is 0.478 e. The summed E-state index contributed by atoms with van der Waals surface area (Å²) in [4.78, 5) is 15.2. The van der Waals surface area contributed by atoms with E-state index in [-0.39, 0.29) is 4.90 Å². The second-order valence-electron chi connectivity index (χ2n) is 7.93. The Morgan fingerprint density at radius 3 is 2.48 bits per heavy atom. The average molecular weight is 437 g/mol. The number of piperidine rings is 1. The van der Waals surface area contributed by atoms with Gasteiger partial charge in [-0.2, -0.15) is 0 Å². The Hall–Kier alpha value is -1.93. The van der Waals surface area contributed by atoms with Gasteiger partial charge < -0.3 is 9.64 Å². The maximum Gasteiger partial charge on any atom is 0.225 e. The molecule has 7 nitrogen and oxygen atoms in total. The van der Waals surface area contributed by atoms with Gasteiger partial charge in [0.25, 0.3) is 0 Å². The van der Waals surface area contributed by atoms with E-state index in [1.165, 1.54) is 37.8 Å². The maximum atomic E-state index is 11.5. The van der Waals surface area contributed by atoms with Gasteiger partial charge in [-0.05, 0) is 49.5 Å². The summed E-state index contributed by atoms with van der Waals surface area (Å²) in [5.74, 6) is 3.51. The van der Waals surface area contributed by atoms with Crippen LogP contribution >= 0.6 is 11.6 Å². The molecular formula is C20H25ClN4O3S. The Morgan fingerprint density at radius 2 is 1.86 bits per heavy atom. The lowest BCUT2D eigenvalue weighted by atomic mass is 9.90. The zero-order valence-electron chi connectivity index (χ0n) is 16.4. The fraction of sp³-hybridized carbons (Fsp3) is 0.550. The molecule has 2 aromatic rings. The van der Waals surface area contributed by atoms with Crippen LogP contribution in [0.1, 0.15) is 25.7 Å². The van der Waals surface area contributed by atoms with E-state index in [9.17, 15) is 8.42 Å². The molecule has 2 atom stereocenters. The van der Waals surface area contributed by atoms with Gasteiger partial charge >= 0.3 is 0 Å². The summed E-state index contributed by atoms with van der Waals surface area (Å²) in [5, 5.41) is 0.563. The van der Waals surface area contributed by atoms with Crippen molar-refractivity contribution >= 4 is 27.4 Å². The molecule has 1 aliphatic carbocycles. The highest BCUT2D eigenvalue weighted by Gasteiger charge is 2.43. The van der Waals surface area contributed by atoms with Crippen molar-refractivity contribution in [1.82, 2.24) is 15.0 Å². The molecule has 1 aliphatic heterocycles. The van der Waals surface area contributed by atoms with Crippen molar-refractivity contribution < 1.29 is 13.2 Å². The normalized spacial score (nSPS) is 22.5. The van der Waals surface area contributed by atoms with Crippen LogP contribution in [0.2, 0.25) is 5.02 Å². The Bertz CT molecular complexity index is 929. The third-order valence-corrected chi connectivity index (χ3v) is 7.18. The number of hydrogen-bond acceptors (Lipinski definition) is 7. The molecule has 2 fully saturated rings. The Morgan fingerprint density at radius 1 is 1.14 bits per heavy atom. The van der Waals surface area contributed by atoms with Gasteiger partial charge in [-0.15, -0.1) is 0 Å². The summed E-state index contributed by atoms with van der Waals surface area (Å²) in [6, 6.07) is 3.16. The van der Waals surface area contributed by atoms with Crippen LogP contribution in [0.25, 0.3) is 0 Å². The maximum absolute atomic E-state index is 11.5. The lowest BCUT2D eigenvalue weighted by Gasteiger charge is -2.32. The molecule has 0 bridgehead atoms. The summed E-state index contributed by atoms with van der Waals surface area (Å²) < 4.78 is 28.6. The molecule has 0 N–H and O–H groups in total. The van der Waals surface area contributed by atoms with Crippen molar-refractivity contribution in [2.24, 2.45) is 17.8 Å². The molecule has 2 unspecified atom stereocenters. The molecule has 0 radical (unpaired) electrons. The van der Waals surface area contributed by atoms with Crippen LogP contribution in [0.4, 0.5) is 5.95 Å². The summed E-state index contributed by atoms with van der Waals surface area (Å²) in [7, 11) is -3.22. The van der Waals surface area contributed by atoms with E-state index in [1.807, 2.05) is 0 Å². The monoisotopic (exact) mass is 436 g/mol. The van der Waals surface area contributed by atoms with E-state index >= 15 is 0 Å². The molecular weight excluding hydrogens is 412 g/mol. The highest BCUT2D eigenvalue weighted by Crippen LogP contribution is 2.49. The Kier molecular flexibility index (Phi) is 5.92. The van der Waals surface area contributed by atoms with Gasteiger partial charge in [0.15, 0.2) is 9.84 Å². The number of hydrogen-bond donors (Lipinski definition) is 0. The first-order chi connectivity index (χ1) is 13.9. The molecule has 2 aromatic heterocycles. The van der Waals surface area contributed by atoms with E-state index in [1.54, 1.807) is 18.5 Å². The van der Waals surface area contributed by atoms with Crippen LogP contribution in [-0.2, 0) is 9.84 Å². The number of rotatable bonds is 7. The molecule has 0 aromatic carbocycles. The molecule has 1 saturated heterocycles. The van der Waals surface area contributed by atoms with Gasteiger partial charge in [0.2, 0.25) is 11.8 Å². The third kappa shape index (κ3) is 5.17. The Labute approximate surface area is 176 Å². The number of pyridine rings is 1. The molecule has 9 heteroatoms. The van der Waals surface area contributed by atoms with Gasteiger partial charge in [-0.25, -0.2) is 23.4 Å². The molecule has 0 spiro atoms. The second kappa shape index (κ2) is 8.44. The van der Waals surface area contributed by atoms with Gasteiger partial charge in [-0.3, -0.25) is 0 Å². The molecule has 3 heterocycles. The number of halogens is 1. The highest BCUT2D eigenvalue weighted by atomic mass is 35.5. The zero-order chi connectivity index (χ0) is 20.4. The number of anilines is 1. The van der Waals surface area contributed by atoms with E-state index < -0.39 is 9.84 Å². The predicted molar refractivity (Wildman–Crippen MR) is 111 cm³/mol. The van der Waals surface area contributed by atoms with Crippen LogP contribution in [-0.4, -0.2) is 49.3 Å². The Balaban J connectivity index is 1.18. The fourth-order valence-corrected chi connectivity index (χ4v) is 4.82. The first kappa shape index (κ1) is 20.3. The van der Waals surface area contributed by atoms with Crippen molar-refractivity contribution in [3.63, 3.8) is 0 Å². The first-order valence-corrected chi connectivity index (χ1v) is 12.2. The van der Waals surface area contributed by atoms with Crippen molar-refractivity contribution in [3.05, 3.63) is 35.7 Å².